The van der Waals surface area contributed by atoms with Gasteiger partial charge in [0.05, 0.1) is 44.5 Å². The first-order chi connectivity index (χ1) is 57.8. The zero-order valence-corrected chi connectivity index (χ0v) is 76.2. The summed E-state index contributed by atoms with van der Waals surface area (Å²) in [6, 6.07) is 8.09. The average Bonchev–Trinajstić information content (AvgIpc) is 1.15. The van der Waals surface area contributed by atoms with Gasteiger partial charge in [0, 0.05) is 134 Å². The lowest BCUT2D eigenvalue weighted by atomic mass is 9.86. The maximum atomic E-state index is 14.7. The Bertz CT molecular complexity index is 5350. The average molecular weight is 1770 g/mol. The molecule has 4 unspecified atom stereocenters. The smallest absolute Gasteiger partial charge is 0.272 e. The fraction of sp³-hybridized carbons (Fsp3) is 0.506. The maximum Gasteiger partial charge on any atom is 0.272 e. The third kappa shape index (κ3) is 21.7. The number of likely N-dealkylation sites (N-methyl/N-ethyl adjacent to an activating group) is 8. The highest BCUT2D eigenvalue weighted by Crippen LogP contribution is 2.38. The molecule has 9 heterocycles. The fourth-order valence-corrected chi connectivity index (χ4v) is 15.1. The molecular formula is C87H115Cl2F6N21O8. The third-order valence-electron chi connectivity index (χ3n) is 22.7. The summed E-state index contributed by atoms with van der Waals surface area (Å²) in [5.41, 5.74) is 1.89. The van der Waals surface area contributed by atoms with Crippen molar-refractivity contribution in [2.45, 2.75) is 211 Å². The summed E-state index contributed by atoms with van der Waals surface area (Å²) >= 11 is 12.3. The van der Waals surface area contributed by atoms with E-state index in [1.165, 1.54) is 27.2 Å². The molecule has 5 aromatic heterocycles. The van der Waals surface area contributed by atoms with E-state index < -0.39 is 98.5 Å². The number of pyridine rings is 1. The Morgan fingerprint density at radius 1 is 0.371 bits per heavy atom. The first-order valence-electron chi connectivity index (χ1n) is 40.7. The number of imidazole rings is 4. The van der Waals surface area contributed by atoms with Gasteiger partial charge in [-0.15, -0.1) is 0 Å². The minimum absolute atomic E-state index is 0.00396. The van der Waals surface area contributed by atoms with Crippen molar-refractivity contribution in [2.75, 3.05) is 56.4 Å². The zero-order chi connectivity index (χ0) is 92.3. The molecule has 3 aromatic carbocycles. The Balaban J connectivity index is 0.000000187. The maximum absolute atomic E-state index is 14.7. The lowest BCUT2D eigenvalue weighted by molar-refractivity contribution is -0.125. The molecule has 8 atom stereocenters. The Kier molecular flexibility index (Phi) is 30.5. The second kappa shape index (κ2) is 38.9. The van der Waals surface area contributed by atoms with E-state index in [2.05, 4.69) is 91.0 Å². The first-order valence-corrected chi connectivity index (χ1v) is 41.5. The molecule has 8 amide bonds. The predicted octanol–water partition coefficient (Wildman–Crippen LogP) is 10.6. The molecule has 0 spiro atoms. The summed E-state index contributed by atoms with van der Waals surface area (Å²) in [4.78, 5) is 133. The number of halogens is 8. The number of hydrogen-bond donors (Lipinski definition) is 8. The minimum Gasteiger partial charge on any atom is -0.357 e. The second-order valence-electron chi connectivity index (χ2n) is 36.3. The van der Waals surface area contributed by atoms with E-state index in [-0.39, 0.29) is 104 Å². The molecule has 4 aliphatic heterocycles. The molecule has 672 valence electrons. The minimum atomic E-state index is -1.30. The fourth-order valence-electron chi connectivity index (χ4n) is 14.8. The van der Waals surface area contributed by atoms with Crippen molar-refractivity contribution in [3.63, 3.8) is 0 Å². The molecular weight excluding hydrogens is 1650 g/mol. The van der Waals surface area contributed by atoms with Gasteiger partial charge in [-0.3, -0.25) is 62.9 Å². The molecule has 8 N–H and O–H groups in total. The van der Waals surface area contributed by atoms with Gasteiger partial charge in [0.15, 0.2) is 34.4 Å². The van der Waals surface area contributed by atoms with Gasteiger partial charge < -0.3 is 60.8 Å². The standard InChI is InChI=1S/C22H29ClFN5O2.C22H28F3N5O2.C22H29F2N5O2.C21H29ClN6O2/c1-12-10-29-16(11-28(12)6)17(20(30)27-18(21(31)25-5)22(2,3)4)26-19(29)14-8-7-13(23)9-15(14)24;1-11-9-30-16(10-29(11)6)17(20(31)28-18(21(32)26-5)22(2,3)4)27-19(30)12-7-14(24)15(25)8-13(12)23;1-12-10-29-16(11-28(12)6)17(20(30)27-18(21(31)25-5)22(2,3)4)26-19(29)14-9-13(23)7-8-15(14)24;1-12-10-28-15(11-27(12)6)16(25-18(28)13-7-8-24-9-14(13)22)19(29)26-17(20(30)23-5)21(2,3)4/h7-9,12,18H,10-11H2,1-6H3,(H,25,31)(H,27,30);7-8,11,18H,9-10H2,1-6H3,(H,26,32)(H,28,31);7-9,12,18H,10-11H2,1-6H3,(H,25,31)(H,27,30);7-9,12,17H,10-11H2,1-6H3,(H,23,30)(H,26,29)/t12?,18-;11?,18-;12?,18-;12?,17-/m1111/s1. The summed E-state index contributed by atoms with van der Waals surface area (Å²) < 4.78 is 92.4. The van der Waals surface area contributed by atoms with Crippen molar-refractivity contribution in [3.05, 3.63) is 157 Å². The number of carbonyl (C=O) groups is 8. The van der Waals surface area contributed by atoms with Crippen LogP contribution in [-0.4, -0.2) is 215 Å². The van der Waals surface area contributed by atoms with Crippen LogP contribution in [0.15, 0.2) is 67.0 Å². The highest BCUT2D eigenvalue weighted by molar-refractivity contribution is 6.33. The van der Waals surface area contributed by atoms with Crippen molar-refractivity contribution in [1.82, 2.24) is 105 Å². The summed E-state index contributed by atoms with van der Waals surface area (Å²) in [6.45, 7) is 34.4. The van der Waals surface area contributed by atoms with E-state index in [0.717, 1.165) is 35.5 Å². The van der Waals surface area contributed by atoms with Crippen molar-refractivity contribution in [1.29, 1.82) is 0 Å². The number of hydrogen-bond acceptors (Lipinski definition) is 17. The summed E-state index contributed by atoms with van der Waals surface area (Å²) in [7, 11) is 13.9. The summed E-state index contributed by atoms with van der Waals surface area (Å²) in [5, 5.41) is 22.3. The molecule has 29 nitrogen and oxygen atoms in total. The van der Waals surface area contributed by atoms with Gasteiger partial charge in [-0.1, -0.05) is 106 Å². The topological polar surface area (TPSA) is 330 Å². The number of nitrogens with zero attached hydrogens (tertiary/aromatic N) is 13. The molecule has 4 aliphatic rings. The van der Waals surface area contributed by atoms with Gasteiger partial charge in [-0.2, -0.15) is 0 Å². The molecule has 124 heavy (non-hydrogen) atoms. The molecule has 0 aliphatic carbocycles. The summed E-state index contributed by atoms with van der Waals surface area (Å²) in [6.07, 6.45) is 3.22. The van der Waals surface area contributed by atoms with E-state index in [4.69, 9.17) is 28.2 Å². The largest absolute Gasteiger partial charge is 0.357 e. The van der Waals surface area contributed by atoms with Gasteiger partial charge >= 0.3 is 0 Å². The molecule has 12 rings (SSSR count). The van der Waals surface area contributed by atoms with E-state index in [1.54, 1.807) is 46.8 Å². The Hall–Kier alpha value is -10.6. The molecule has 0 fully saturated rings. The number of fused-ring (bicyclic) bond motifs is 4. The number of nitrogens with one attached hydrogen (secondary N) is 8. The van der Waals surface area contributed by atoms with Crippen LogP contribution >= 0.6 is 23.2 Å². The monoisotopic (exact) mass is 1770 g/mol. The molecule has 0 radical (unpaired) electrons. The highest BCUT2D eigenvalue weighted by atomic mass is 35.5. The lowest BCUT2D eigenvalue weighted by Crippen LogP contribution is -2.53. The SMILES string of the molecule is CNC(=O)[C@@H](NC(=O)c1nc(-c2cc(F)c(F)cc2F)n2c1CN(C)C(C)C2)C(C)(C)C.CNC(=O)[C@@H](NC(=O)c1nc(-c2cc(F)ccc2F)n2c1CN(C)C(C)C2)C(C)(C)C.CNC(=O)[C@@H](NC(=O)c1nc(-c2ccc(Cl)cc2F)n2c1CN(C)C(C)C2)C(C)(C)C.CNC(=O)[C@@H](NC(=O)c1nc(-c2ccncc2Cl)n2c1CN(C)C(C)C2)C(C)(C)C. The van der Waals surface area contributed by atoms with Gasteiger partial charge in [0.2, 0.25) is 23.6 Å². The van der Waals surface area contributed by atoms with Crippen LogP contribution in [0.3, 0.4) is 0 Å². The predicted molar refractivity (Wildman–Crippen MR) is 461 cm³/mol. The van der Waals surface area contributed by atoms with Crippen LogP contribution in [0.25, 0.3) is 45.6 Å². The highest BCUT2D eigenvalue weighted by Gasteiger charge is 2.42. The van der Waals surface area contributed by atoms with Crippen molar-refractivity contribution in [3.8, 4) is 45.6 Å². The van der Waals surface area contributed by atoms with Gasteiger partial charge in [-0.25, -0.2) is 46.3 Å². The first kappa shape index (κ1) is 97.2. The molecule has 0 saturated carbocycles. The number of rotatable bonds is 16. The molecule has 8 aromatic rings. The van der Waals surface area contributed by atoms with Crippen molar-refractivity contribution >= 4 is 70.5 Å². The number of carbonyl (C=O) groups excluding carboxylic acids is 8. The van der Waals surface area contributed by atoms with E-state index in [1.807, 2.05) is 139 Å². The second-order valence-corrected chi connectivity index (χ2v) is 37.2. The van der Waals surface area contributed by atoms with Gasteiger partial charge in [-0.05, 0) is 126 Å². The Morgan fingerprint density at radius 2 is 0.661 bits per heavy atom. The zero-order valence-electron chi connectivity index (χ0n) is 74.7. The van der Waals surface area contributed by atoms with Crippen molar-refractivity contribution < 1.29 is 64.7 Å². The molecule has 0 bridgehead atoms. The van der Waals surface area contributed by atoms with Gasteiger partial charge in [0.1, 0.15) is 70.7 Å². The van der Waals surface area contributed by atoms with Gasteiger partial charge in [0.25, 0.3) is 23.6 Å². The third-order valence-corrected chi connectivity index (χ3v) is 23.3. The number of amides is 8. The quantitative estimate of drug-likeness (QED) is 0.0329. The van der Waals surface area contributed by atoms with E-state index >= 15 is 0 Å². The van der Waals surface area contributed by atoms with Crippen LogP contribution in [-0.2, 0) is 71.5 Å². The van der Waals surface area contributed by atoms with Crippen LogP contribution in [0.4, 0.5) is 26.3 Å². The van der Waals surface area contributed by atoms with Crippen LogP contribution in [0.2, 0.25) is 10.0 Å². The Labute approximate surface area is 729 Å². The Morgan fingerprint density at radius 3 is 0.960 bits per heavy atom. The number of benzene rings is 3. The summed E-state index contributed by atoms with van der Waals surface area (Å²) in [5.74, 6) is -7.15. The number of aromatic nitrogens is 9. The van der Waals surface area contributed by atoms with Crippen LogP contribution in [0.5, 0.6) is 0 Å². The lowest BCUT2D eigenvalue weighted by Gasteiger charge is -2.32. The van der Waals surface area contributed by atoms with Crippen LogP contribution < -0.4 is 42.5 Å². The molecule has 37 heteroatoms. The van der Waals surface area contributed by atoms with Crippen molar-refractivity contribution in [2.24, 2.45) is 21.7 Å². The normalized spacial score (nSPS) is 17.7. The molecule has 0 saturated heterocycles. The van der Waals surface area contributed by atoms with E-state index in [9.17, 15) is 64.7 Å². The van der Waals surface area contributed by atoms with Crippen LogP contribution in [0.1, 0.15) is 176 Å². The van der Waals surface area contributed by atoms with E-state index in [0.29, 0.717) is 97.9 Å². The van der Waals surface area contributed by atoms with Crippen LogP contribution in [0, 0.1) is 56.6 Å².